The number of nitrogens with one attached hydrogen (secondary N) is 1. The number of amides is 1. The minimum atomic E-state index is -0.542. The molecule has 0 aliphatic carbocycles. The molecule has 0 unspecified atom stereocenters. The normalized spacial score (nSPS) is 10.4. The molecule has 0 bridgehead atoms. The number of Topliss-reactive ketones (excluding diaryl/α,β-unsaturated/α-hetero) is 1. The molecule has 2 aromatic heterocycles. The van der Waals surface area contributed by atoms with Crippen LogP contribution in [-0.4, -0.2) is 32.8 Å². The standard InChI is InChI=1S/C8H8N6O4S2/c1-3(15)10-7-11-12-8(20-7)19-2-4(16)5-6(9)13-18-14(5)17/h2H2,1H3,(H2,9,13)(H,10,11,15). The van der Waals surface area contributed by atoms with Crippen molar-refractivity contribution in [1.82, 2.24) is 15.4 Å². The molecule has 0 saturated carbocycles. The third-order valence-electron chi connectivity index (χ3n) is 1.92. The molecule has 0 fully saturated rings. The number of carbonyl (C=O) groups excluding carboxylic acids is 2. The third kappa shape index (κ3) is 3.21. The predicted octanol–water partition coefficient (Wildman–Crippen LogP) is -0.325. The predicted molar refractivity (Wildman–Crippen MR) is 69.1 cm³/mol. The second kappa shape index (κ2) is 5.83. The quantitative estimate of drug-likeness (QED) is 0.327. The highest BCUT2D eigenvalue weighted by atomic mass is 32.2. The van der Waals surface area contributed by atoms with E-state index in [1.54, 1.807) is 0 Å². The van der Waals surface area contributed by atoms with Crippen molar-refractivity contribution >= 4 is 45.7 Å². The van der Waals surface area contributed by atoms with E-state index >= 15 is 0 Å². The van der Waals surface area contributed by atoms with Gasteiger partial charge in [0, 0.05) is 6.92 Å². The summed E-state index contributed by atoms with van der Waals surface area (Å²) in [4.78, 5) is 22.5. The number of thioether (sulfide) groups is 1. The molecule has 0 radical (unpaired) electrons. The summed E-state index contributed by atoms with van der Waals surface area (Å²) < 4.78 is 4.67. The lowest BCUT2D eigenvalue weighted by atomic mass is 10.3. The molecule has 0 atom stereocenters. The van der Waals surface area contributed by atoms with Gasteiger partial charge in [-0.15, -0.1) is 10.2 Å². The zero-order chi connectivity index (χ0) is 14.7. The van der Waals surface area contributed by atoms with Gasteiger partial charge in [0.1, 0.15) is 0 Å². The first-order valence-corrected chi connectivity index (χ1v) is 6.90. The molecule has 20 heavy (non-hydrogen) atoms. The molecule has 2 heterocycles. The molecule has 2 aromatic rings. The highest BCUT2D eigenvalue weighted by Crippen LogP contribution is 2.26. The molecule has 2 rings (SSSR count). The summed E-state index contributed by atoms with van der Waals surface area (Å²) >= 11 is 2.17. The Balaban J connectivity index is 1.97. The van der Waals surface area contributed by atoms with Crippen molar-refractivity contribution in [1.29, 1.82) is 0 Å². The monoisotopic (exact) mass is 316 g/mol. The van der Waals surface area contributed by atoms with E-state index in [-0.39, 0.29) is 28.1 Å². The fraction of sp³-hybridized carbons (Fsp3) is 0.250. The van der Waals surface area contributed by atoms with Crippen LogP contribution in [0.2, 0.25) is 0 Å². The highest BCUT2D eigenvalue weighted by Gasteiger charge is 2.24. The van der Waals surface area contributed by atoms with Gasteiger partial charge in [0.2, 0.25) is 16.8 Å². The Morgan fingerprint density at radius 3 is 2.90 bits per heavy atom. The van der Waals surface area contributed by atoms with Crippen molar-refractivity contribution < 1.29 is 19.1 Å². The first-order valence-electron chi connectivity index (χ1n) is 5.09. The van der Waals surface area contributed by atoms with Crippen molar-refractivity contribution in [3.63, 3.8) is 0 Å². The van der Waals surface area contributed by atoms with Crippen LogP contribution in [0.4, 0.5) is 10.9 Å². The molecule has 3 N–H and O–H groups in total. The lowest BCUT2D eigenvalue weighted by molar-refractivity contribution is -0.803. The van der Waals surface area contributed by atoms with Crippen molar-refractivity contribution in [2.75, 3.05) is 16.8 Å². The summed E-state index contributed by atoms with van der Waals surface area (Å²) in [5.41, 5.74) is 5.00. The number of nitrogens with zero attached hydrogens (tertiary/aromatic N) is 4. The lowest BCUT2D eigenvalue weighted by Gasteiger charge is -1.95. The Bertz CT molecular complexity index is 634. The van der Waals surface area contributed by atoms with E-state index in [1.807, 2.05) is 0 Å². The SMILES string of the molecule is CC(=O)Nc1nnc(SCC(=O)c2c(N)no[n+]2[O-])s1. The van der Waals surface area contributed by atoms with Crippen LogP contribution < -0.4 is 16.0 Å². The lowest BCUT2D eigenvalue weighted by Crippen LogP contribution is -2.32. The van der Waals surface area contributed by atoms with E-state index in [0.29, 0.717) is 9.47 Å². The van der Waals surface area contributed by atoms with Crippen LogP contribution in [0.25, 0.3) is 0 Å². The first-order chi connectivity index (χ1) is 9.47. The topological polar surface area (TPSA) is 151 Å². The maximum Gasteiger partial charge on any atom is 0.316 e. The number of aromatic nitrogens is 4. The van der Waals surface area contributed by atoms with Crippen LogP contribution in [-0.2, 0) is 4.79 Å². The molecular weight excluding hydrogens is 308 g/mol. The van der Waals surface area contributed by atoms with Crippen LogP contribution in [0, 0.1) is 5.21 Å². The molecule has 10 nitrogen and oxygen atoms in total. The van der Waals surface area contributed by atoms with E-state index in [0.717, 1.165) is 23.1 Å². The number of nitrogen functional groups attached to an aromatic ring is 1. The molecular formula is C8H8N6O4S2. The average molecular weight is 316 g/mol. The second-order valence-electron chi connectivity index (χ2n) is 3.43. The first kappa shape index (κ1) is 14.2. The Labute approximate surface area is 119 Å². The van der Waals surface area contributed by atoms with Gasteiger partial charge in [-0.1, -0.05) is 23.1 Å². The minimum absolute atomic E-state index is 0.0406. The van der Waals surface area contributed by atoms with E-state index in [1.165, 1.54) is 6.92 Å². The largest absolute Gasteiger partial charge is 0.359 e. The van der Waals surface area contributed by atoms with Gasteiger partial charge in [-0.3, -0.25) is 14.2 Å². The maximum absolute atomic E-state index is 11.8. The van der Waals surface area contributed by atoms with Gasteiger partial charge in [-0.05, 0) is 4.90 Å². The summed E-state index contributed by atoms with van der Waals surface area (Å²) in [6, 6.07) is 0. The highest BCUT2D eigenvalue weighted by molar-refractivity contribution is 8.01. The van der Waals surface area contributed by atoms with Crippen LogP contribution in [0.1, 0.15) is 17.4 Å². The van der Waals surface area contributed by atoms with E-state index in [9.17, 15) is 14.8 Å². The summed E-state index contributed by atoms with van der Waals surface area (Å²) in [6.07, 6.45) is 0. The second-order valence-corrected chi connectivity index (χ2v) is 5.63. The maximum atomic E-state index is 11.8. The third-order valence-corrected chi connectivity index (χ3v) is 3.89. The van der Waals surface area contributed by atoms with Crippen LogP contribution in [0.15, 0.2) is 8.97 Å². The molecule has 106 valence electrons. The summed E-state index contributed by atoms with van der Waals surface area (Å²) in [5, 5.41) is 24.6. The van der Waals surface area contributed by atoms with Crippen molar-refractivity contribution in [3.05, 3.63) is 10.9 Å². The summed E-state index contributed by atoms with van der Waals surface area (Å²) in [6.45, 7) is 1.35. The van der Waals surface area contributed by atoms with Gasteiger partial charge < -0.3 is 16.3 Å². The Kier molecular flexibility index (Phi) is 4.14. The fourth-order valence-electron chi connectivity index (χ4n) is 1.17. The zero-order valence-electron chi connectivity index (χ0n) is 10.0. The van der Waals surface area contributed by atoms with Crippen molar-refractivity contribution in [2.45, 2.75) is 11.3 Å². The summed E-state index contributed by atoms with van der Waals surface area (Å²) in [5.74, 6) is -1.15. The van der Waals surface area contributed by atoms with Crippen molar-refractivity contribution in [3.8, 4) is 0 Å². The Morgan fingerprint density at radius 2 is 2.30 bits per heavy atom. The van der Waals surface area contributed by atoms with Crippen LogP contribution in [0.5, 0.6) is 0 Å². The Hall–Kier alpha value is -2.21. The number of rotatable bonds is 5. The van der Waals surface area contributed by atoms with E-state index in [2.05, 4.69) is 25.3 Å². The zero-order valence-corrected chi connectivity index (χ0v) is 11.7. The van der Waals surface area contributed by atoms with E-state index in [4.69, 9.17) is 5.73 Å². The summed E-state index contributed by atoms with van der Waals surface area (Å²) in [7, 11) is 0. The number of ketones is 1. The van der Waals surface area contributed by atoms with Gasteiger partial charge in [0.25, 0.3) is 5.69 Å². The Morgan fingerprint density at radius 1 is 1.55 bits per heavy atom. The molecule has 0 saturated heterocycles. The number of nitrogens with two attached hydrogens (primary N) is 1. The molecule has 12 heteroatoms. The van der Waals surface area contributed by atoms with Crippen molar-refractivity contribution in [2.24, 2.45) is 0 Å². The molecule has 0 aliphatic heterocycles. The van der Waals surface area contributed by atoms with Crippen LogP contribution in [0.3, 0.4) is 0 Å². The van der Waals surface area contributed by atoms with Gasteiger partial charge in [0.15, 0.2) is 4.34 Å². The van der Waals surface area contributed by atoms with Gasteiger partial charge in [-0.25, -0.2) is 0 Å². The molecule has 0 aromatic carbocycles. The minimum Gasteiger partial charge on any atom is -0.359 e. The smallest absolute Gasteiger partial charge is 0.316 e. The van der Waals surface area contributed by atoms with E-state index < -0.39 is 5.78 Å². The number of carbonyl (C=O) groups is 2. The average Bonchev–Trinajstić information content (AvgIpc) is 2.93. The number of anilines is 2. The fourth-order valence-corrected chi connectivity index (χ4v) is 2.83. The van der Waals surface area contributed by atoms with Crippen LogP contribution >= 0.6 is 23.1 Å². The van der Waals surface area contributed by atoms with Gasteiger partial charge >= 0.3 is 5.82 Å². The molecule has 0 spiro atoms. The van der Waals surface area contributed by atoms with Gasteiger partial charge in [-0.2, -0.15) is 0 Å². The molecule has 1 amide bonds. The molecule has 0 aliphatic rings. The number of hydrogen-bond donors (Lipinski definition) is 2. The number of hydrogen-bond acceptors (Lipinski definition) is 10. The van der Waals surface area contributed by atoms with Gasteiger partial charge in [0.05, 0.1) is 10.9 Å².